The van der Waals surface area contributed by atoms with Crippen LogP contribution in [0.2, 0.25) is 0 Å². The van der Waals surface area contributed by atoms with Gasteiger partial charge >= 0.3 is 0 Å². The average molecular weight is 325 g/mol. The van der Waals surface area contributed by atoms with Gasteiger partial charge in [-0.1, -0.05) is 24.3 Å². The number of carbonyl (C=O) groups is 1. The molecule has 1 atom stereocenters. The lowest BCUT2D eigenvalue weighted by molar-refractivity contribution is 0.0811. The number of nitrogens with zero attached hydrogens (tertiary/aromatic N) is 1. The van der Waals surface area contributed by atoms with Crippen molar-refractivity contribution in [2.24, 2.45) is 5.92 Å². The summed E-state index contributed by atoms with van der Waals surface area (Å²) in [6, 6.07) is 14.7. The molecule has 4 nitrogen and oxygen atoms in total. The van der Waals surface area contributed by atoms with E-state index in [2.05, 4.69) is 4.90 Å². The largest absolute Gasteiger partial charge is 0.508 e. The molecule has 2 aromatic rings. The highest BCUT2D eigenvalue weighted by Gasteiger charge is 2.26. The predicted octanol–water partition coefficient (Wildman–Crippen LogP) is 3.50. The second kappa shape index (κ2) is 7.49. The van der Waals surface area contributed by atoms with Gasteiger partial charge in [0.2, 0.25) is 0 Å². The van der Waals surface area contributed by atoms with E-state index in [1.165, 1.54) is 0 Å². The lowest BCUT2D eigenvalue weighted by Gasteiger charge is -2.32. The first-order valence-corrected chi connectivity index (χ1v) is 8.34. The van der Waals surface area contributed by atoms with E-state index >= 15 is 0 Å². The number of ketones is 1. The molecule has 1 aliphatic heterocycles. The molecule has 126 valence electrons. The monoisotopic (exact) mass is 325 g/mol. The number of ether oxygens (including phenoxy) is 1. The Bertz CT molecular complexity index is 696. The number of hydrogen-bond acceptors (Lipinski definition) is 4. The molecule has 0 amide bonds. The maximum absolute atomic E-state index is 12.8. The molecule has 0 unspecified atom stereocenters. The SMILES string of the molecule is COc1cccc(C(=O)[C@H]2CCCN(Cc3ccc(O)cc3)C2)c1. The maximum Gasteiger partial charge on any atom is 0.167 e. The second-order valence-corrected chi connectivity index (χ2v) is 6.34. The summed E-state index contributed by atoms with van der Waals surface area (Å²) >= 11 is 0. The molecule has 0 aromatic heterocycles. The van der Waals surface area contributed by atoms with E-state index < -0.39 is 0 Å². The van der Waals surface area contributed by atoms with Crippen molar-refractivity contribution in [3.05, 3.63) is 59.7 Å². The van der Waals surface area contributed by atoms with Crippen LogP contribution < -0.4 is 4.74 Å². The molecular formula is C20H23NO3. The summed E-state index contributed by atoms with van der Waals surface area (Å²) in [6.45, 7) is 2.59. The summed E-state index contributed by atoms with van der Waals surface area (Å²) in [5.74, 6) is 1.23. The number of likely N-dealkylation sites (tertiary alicyclic amines) is 1. The van der Waals surface area contributed by atoms with Gasteiger partial charge in [-0.05, 0) is 49.2 Å². The molecule has 1 saturated heterocycles. The first-order valence-electron chi connectivity index (χ1n) is 8.34. The van der Waals surface area contributed by atoms with Crippen LogP contribution in [0.3, 0.4) is 0 Å². The summed E-state index contributed by atoms with van der Waals surface area (Å²) in [4.78, 5) is 15.1. The summed E-state index contributed by atoms with van der Waals surface area (Å²) in [5.41, 5.74) is 1.88. The zero-order valence-corrected chi connectivity index (χ0v) is 13.9. The van der Waals surface area contributed by atoms with Crippen molar-refractivity contribution in [3.8, 4) is 11.5 Å². The normalized spacial score (nSPS) is 18.3. The summed E-state index contributed by atoms with van der Waals surface area (Å²) in [7, 11) is 1.61. The lowest BCUT2D eigenvalue weighted by Crippen LogP contribution is -2.38. The standard InChI is InChI=1S/C20H23NO3/c1-24-19-6-2-4-16(12-19)20(23)17-5-3-11-21(14-17)13-15-7-9-18(22)10-8-15/h2,4,6-10,12,17,22H,3,5,11,13-14H2,1H3/t17-/m0/s1. The van der Waals surface area contributed by atoms with E-state index in [4.69, 9.17) is 4.74 Å². The minimum absolute atomic E-state index is 0.0305. The number of phenols is 1. The highest BCUT2D eigenvalue weighted by Crippen LogP contribution is 2.24. The van der Waals surface area contributed by atoms with Crippen molar-refractivity contribution in [1.29, 1.82) is 0 Å². The fourth-order valence-electron chi connectivity index (χ4n) is 3.28. The van der Waals surface area contributed by atoms with Crippen LogP contribution in [-0.4, -0.2) is 36.0 Å². The van der Waals surface area contributed by atoms with Crippen LogP contribution in [-0.2, 0) is 6.54 Å². The molecule has 24 heavy (non-hydrogen) atoms. The Kier molecular flexibility index (Phi) is 5.16. The summed E-state index contributed by atoms with van der Waals surface area (Å²) in [6.07, 6.45) is 1.96. The molecule has 1 heterocycles. The zero-order chi connectivity index (χ0) is 16.9. The van der Waals surface area contributed by atoms with Crippen molar-refractivity contribution >= 4 is 5.78 Å². The zero-order valence-electron chi connectivity index (χ0n) is 13.9. The van der Waals surface area contributed by atoms with Gasteiger partial charge in [0.05, 0.1) is 7.11 Å². The highest BCUT2D eigenvalue weighted by atomic mass is 16.5. The number of rotatable bonds is 5. The predicted molar refractivity (Wildman–Crippen MR) is 93.4 cm³/mol. The average Bonchev–Trinajstić information content (AvgIpc) is 2.63. The highest BCUT2D eigenvalue weighted by molar-refractivity contribution is 5.98. The van der Waals surface area contributed by atoms with E-state index in [9.17, 15) is 9.90 Å². The van der Waals surface area contributed by atoms with Crippen molar-refractivity contribution in [3.63, 3.8) is 0 Å². The molecule has 2 aromatic carbocycles. The summed E-state index contributed by atoms with van der Waals surface area (Å²) < 4.78 is 5.22. The molecule has 4 heteroatoms. The number of carbonyl (C=O) groups excluding carboxylic acids is 1. The molecule has 0 saturated carbocycles. The van der Waals surface area contributed by atoms with E-state index in [0.717, 1.165) is 49.4 Å². The third-order valence-electron chi connectivity index (χ3n) is 4.57. The number of phenolic OH excluding ortho intramolecular Hbond substituents is 1. The molecule has 1 aliphatic rings. The van der Waals surface area contributed by atoms with Crippen LogP contribution in [0.1, 0.15) is 28.8 Å². The van der Waals surface area contributed by atoms with Gasteiger partial charge in [-0.25, -0.2) is 0 Å². The number of piperidine rings is 1. The van der Waals surface area contributed by atoms with E-state index in [1.54, 1.807) is 19.2 Å². The van der Waals surface area contributed by atoms with Gasteiger partial charge in [0, 0.05) is 24.6 Å². The molecular weight excluding hydrogens is 302 g/mol. The maximum atomic E-state index is 12.8. The number of hydrogen-bond donors (Lipinski definition) is 1. The topological polar surface area (TPSA) is 49.8 Å². The Morgan fingerprint density at radius 1 is 1.25 bits per heavy atom. The van der Waals surface area contributed by atoms with E-state index in [-0.39, 0.29) is 17.5 Å². The van der Waals surface area contributed by atoms with Gasteiger partial charge in [0.1, 0.15) is 11.5 Å². The Balaban J connectivity index is 1.66. The van der Waals surface area contributed by atoms with E-state index in [0.29, 0.717) is 0 Å². The third kappa shape index (κ3) is 3.95. The van der Waals surface area contributed by atoms with Crippen molar-refractivity contribution in [2.45, 2.75) is 19.4 Å². The van der Waals surface area contributed by atoms with Crippen molar-refractivity contribution < 1.29 is 14.6 Å². The van der Waals surface area contributed by atoms with Gasteiger partial charge in [0.15, 0.2) is 5.78 Å². The number of Topliss-reactive ketones (excluding diaryl/α,β-unsaturated/α-hetero) is 1. The van der Waals surface area contributed by atoms with Gasteiger partial charge in [-0.15, -0.1) is 0 Å². The van der Waals surface area contributed by atoms with Crippen LogP contribution in [0, 0.1) is 5.92 Å². The van der Waals surface area contributed by atoms with Gasteiger partial charge < -0.3 is 9.84 Å². The third-order valence-corrected chi connectivity index (χ3v) is 4.57. The number of methoxy groups -OCH3 is 1. The molecule has 3 rings (SSSR count). The van der Waals surface area contributed by atoms with Crippen molar-refractivity contribution in [1.82, 2.24) is 4.90 Å². The minimum Gasteiger partial charge on any atom is -0.508 e. The smallest absolute Gasteiger partial charge is 0.167 e. The molecule has 0 spiro atoms. The van der Waals surface area contributed by atoms with Crippen LogP contribution in [0.4, 0.5) is 0 Å². The first kappa shape index (κ1) is 16.5. The minimum atomic E-state index is 0.0305. The first-order chi connectivity index (χ1) is 11.7. The Morgan fingerprint density at radius 2 is 2.04 bits per heavy atom. The van der Waals surface area contributed by atoms with E-state index in [1.807, 2.05) is 36.4 Å². The Morgan fingerprint density at radius 3 is 2.79 bits per heavy atom. The van der Waals surface area contributed by atoms with Crippen molar-refractivity contribution in [2.75, 3.05) is 20.2 Å². The molecule has 1 N–H and O–H groups in total. The van der Waals surface area contributed by atoms with Crippen LogP contribution in [0.5, 0.6) is 11.5 Å². The summed E-state index contributed by atoms with van der Waals surface area (Å²) in [5, 5.41) is 9.38. The van der Waals surface area contributed by atoms with Crippen LogP contribution in [0.25, 0.3) is 0 Å². The Labute approximate surface area is 142 Å². The van der Waals surface area contributed by atoms with Gasteiger partial charge in [0.25, 0.3) is 0 Å². The van der Waals surface area contributed by atoms with Crippen LogP contribution in [0.15, 0.2) is 48.5 Å². The molecule has 0 aliphatic carbocycles. The van der Waals surface area contributed by atoms with Gasteiger partial charge in [-0.3, -0.25) is 9.69 Å². The Hall–Kier alpha value is -2.33. The van der Waals surface area contributed by atoms with Crippen LogP contribution >= 0.6 is 0 Å². The quantitative estimate of drug-likeness (QED) is 0.855. The second-order valence-electron chi connectivity index (χ2n) is 6.34. The van der Waals surface area contributed by atoms with Gasteiger partial charge in [-0.2, -0.15) is 0 Å². The fraction of sp³-hybridized carbons (Fsp3) is 0.350. The molecule has 0 radical (unpaired) electrons. The number of aromatic hydroxyl groups is 1. The molecule has 0 bridgehead atoms. The lowest BCUT2D eigenvalue weighted by atomic mass is 9.89. The molecule has 1 fully saturated rings. The fourth-order valence-corrected chi connectivity index (χ4v) is 3.28. The number of benzene rings is 2.